The summed E-state index contributed by atoms with van der Waals surface area (Å²) < 4.78 is 90.6. The van der Waals surface area contributed by atoms with Crippen molar-refractivity contribution < 1.29 is 93.5 Å². The first-order valence-corrected chi connectivity index (χ1v) is 10.1. The maximum Gasteiger partial charge on any atom is 1.00 e. The van der Waals surface area contributed by atoms with Gasteiger partial charge in [0.05, 0.1) is 19.6 Å². The zero-order chi connectivity index (χ0) is 17.5. The topological polar surface area (TPSA) is 149 Å². The van der Waals surface area contributed by atoms with Crippen LogP contribution in [0, 0.1) is 0 Å². The predicted molar refractivity (Wildman–Crippen MR) is 74.3 cm³/mol. The zero-order valence-corrected chi connectivity index (χ0v) is 19.6. The van der Waals surface area contributed by atoms with E-state index in [0.717, 1.165) is 36.4 Å². The molecule has 0 aromatic heterocycles. The summed E-state index contributed by atoms with van der Waals surface area (Å²) in [6, 6.07) is 7.40. The Morgan fingerprint density at radius 1 is 0.560 bits per heavy atom. The molecule has 0 fully saturated rings. The van der Waals surface area contributed by atoms with Crippen LogP contribution >= 0.6 is 0 Å². The normalized spacial score (nSPS) is 11.9. The number of sulfone groups is 1. The van der Waals surface area contributed by atoms with Gasteiger partial charge >= 0.3 is 59.1 Å². The molecule has 2 rings (SSSR count). The van der Waals surface area contributed by atoms with E-state index < -0.39 is 49.7 Å². The monoisotopic (exact) mass is 422 g/mol. The van der Waals surface area contributed by atoms with Gasteiger partial charge in [-0.25, -0.2) is 25.3 Å². The molecule has 0 aliphatic carbocycles. The molecule has 2 aromatic rings. The molecule has 25 heavy (non-hydrogen) atoms. The standard InChI is InChI=1S/C12H10O8S3.2Na/c13-21(14,9-3-1-5-11(7-9)22(15,16)17)10-4-2-6-12(8-10)23(18,19)20;;/h1-8H,(H,15,16,17)(H,18,19,20);;/q;2*+1/p-2. The molecule has 0 heterocycles. The molecule has 0 saturated heterocycles. The molecule has 0 bridgehead atoms. The molecule has 0 amide bonds. The summed E-state index contributed by atoms with van der Waals surface area (Å²) >= 11 is 0. The van der Waals surface area contributed by atoms with E-state index in [-0.39, 0.29) is 59.1 Å². The summed E-state index contributed by atoms with van der Waals surface area (Å²) in [4.78, 5) is -2.53. The molecular formula is C12H8Na2O8S3. The van der Waals surface area contributed by atoms with Crippen LogP contribution in [-0.2, 0) is 30.1 Å². The second kappa shape index (κ2) is 8.93. The first-order valence-electron chi connectivity index (χ1n) is 5.79. The van der Waals surface area contributed by atoms with Gasteiger partial charge in [0.2, 0.25) is 9.84 Å². The molecule has 0 radical (unpaired) electrons. The van der Waals surface area contributed by atoms with Gasteiger partial charge in [-0.2, -0.15) is 0 Å². The van der Waals surface area contributed by atoms with Crippen molar-refractivity contribution in [3.63, 3.8) is 0 Å². The fourth-order valence-corrected chi connectivity index (χ4v) is 4.26. The third-order valence-electron chi connectivity index (χ3n) is 2.81. The Bertz CT molecular complexity index is 995. The predicted octanol–water partition coefficient (Wildman–Crippen LogP) is -5.66. The van der Waals surface area contributed by atoms with E-state index in [9.17, 15) is 34.4 Å². The molecule has 0 unspecified atom stereocenters. The van der Waals surface area contributed by atoms with Crippen LogP contribution in [0.25, 0.3) is 0 Å². The number of rotatable bonds is 4. The van der Waals surface area contributed by atoms with E-state index in [4.69, 9.17) is 0 Å². The second-order valence-electron chi connectivity index (χ2n) is 4.36. The van der Waals surface area contributed by atoms with Crippen molar-refractivity contribution in [2.24, 2.45) is 0 Å². The van der Waals surface area contributed by atoms with E-state index >= 15 is 0 Å². The average molecular weight is 422 g/mol. The van der Waals surface area contributed by atoms with Crippen molar-refractivity contribution in [2.75, 3.05) is 0 Å². The Labute approximate surface area is 189 Å². The third-order valence-corrected chi connectivity index (χ3v) is 6.22. The number of hydrogen-bond donors (Lipinski definition) is 0. The molecule has 2 aromatic carbocycles. The first kappa shape index (κ1) is 25.2. The van der Waals surface area contributed by atoms with Gasteiger partial charge in [-0.1, -0.05) is 12.1 Å². The maximum atomic E-state index is 12.4. The van der Waals surface area contributed by atoms with Crippen LogP contribution in [-0.4, -0.2) is 34.4 Å². The van der Waals surface area contributed by atoms with Crippen molar-refractivity contribution >= 4 is 30.1 Å². The summed E-state index contributed by atoms with van der Waals surface area (Å²) in [5.41, 5.74) is 0. The summed E-state index contributed by atoms with van der Waals surface area (Å²) in [6.45, 7) is 0. The summed E-state index contributed by atoms with van der Waals surface area (Å²) in [7, 11) is -14.0. The summed E-state index contributed by atoms with van der Waals surface area (Å²) in [6.07, 6.45) is 0. The van der Waals surface area contributed by atoms with E-state index in [0.29, 0.717) is 12.1 Å². The molecule has 0 aliphatic heterocycles. The van der Waals surface area contributed by atoms with Gasteiger partial charge in [-0.05, 0) is 36.4 Å². The fraction of sp³-hybridized carbons (Fsp3) is 0. The molecule has 8 nitrogen and oxygen atoms in total. The zero-order valence-electron chi connectivity index (χ0n) is 13.1. The molecule has 0 N–H and O–H groups in total. The van der Waals surface area contributed by atoms with Crippen molar-refractivity contribution in [3.8, 4) is 0 Å². The minimum Gasteiger partial charge on any atom is -0.744 e. The first-order chi connectivity index (χ1) is 10.4. The maximum absolute atomic E-state index is 12.4. The summed E-state index contributed by atoms with van der Waals surface area (Å²) in [5.74, 6) is 0. The van der Waals surface area contributed by atoms with Gasteiger partial charge in [-0.15, -0.1) is 0 Å². The molecule has 0 atom stereocenters. The molecule has 0 spiro atoms. The van der Waals surface area contributed by atoms with Crippen molar-refractivity contribution in [1.82, 2.24) is 0 Å². The van der Waals surface area contributed by atoms with Crippen molar-refractivity contribution in [1.29, 1.82) is 0 Å². The van der Waals surface area contributed by atoms with Gasteiger partial charge in [-0.3, -0.25) is 0 Å². The molecule has 0 aliphatic rings. The Kier molecular flexibility index (Phi) is 9.01. The fourth-order valence-electron chi connectivity index (χ4n) is 1.73. The number of benzene rings is 2. The molecule has 13 heteroatoms. The van der Waals surface area contributed by atoms with Gasteiger partial charge in [0, 0.05) is 0 Å². The molecule has 0 saturated carbocycles. The van der Waals surface area contributed by atoms with Crippen LogP contribution < -0.4 is 59.1 Å². The van der Waals surface area contributed by atoms with Gasteiger partial charge in [0.25, 0.3) is 0 Å². The van der Waals surface area contributed by atoms with Crippen molar-refractivity contribution in [3.05, 3.63) is 48.5 Å². The van der Waals surface area contributed by atoms with Crippen molar-refractivity contribution in [2.45, 2.75) is 19.6 Å². The van der Waals surface area contributed by atoms with E-state index in [1.54, 1.807) is 0 Å². The minimum absolute atomic E-state index is 0. The minimum atomic E-state index is -4.86. The van der Waals surface area contributed by atoms with E-state index in [1.165, 1.54) is 0 Å². The molecule has 124 valence electrons. The quantitative estimate of drug-likeness (QED) is 0.350. The largest absolute Gasteiger partial charge is 1.00 e. The average Bonchev–Trinajstić information content (AvgIpc) is 2.46. The van der Waals surface area contributed by atoms with Gasteiger partial charge in [0.15, 0.2) is 0 Å². The van der Waals surface area contributed by atoms with Crippen LogP contribution in [0.3, 0.4) is 0 Å². The second-order valence-corrected chi connectivity index (χ2v) is 9.07. The third kappa shape index (κ3) is 6.11. The van der Waals surface area contributed by atoms with Gasteiger partial charge < -0.3 is 9.11 Å². The van der Waals surface area contributed by atoms with Crippen LogP contribution in [0.2, 0.25) is 0 Å². The Balaban J connectivity index is 0.00000288. The number of hydrogen-bond acceptors (Lipinski definition) is 8. The SMILES string of the molecule is O=S(=O)([O-])c1cccc(S(=O)(=O)c2cccc(S(=O)(=O)[O-])c2)c1.[Na+].[Na+]. The van der Waals surface area contributed by atoms with Crippen LogP contribution in [0.1, 0.15) is 0 Å². The smallest absolute Gasteiger partial charge is 0.744 e. The molecular weight excluding hydrogens is 414 g/mol. The van der Waals surface area contributed by atoms with E-state index in [2.05, 4.69) is 0 Å². The van der Waals surface area contributed by atoms with Crippen LogP contribution in [0.15, 0.2) is 68.1 Å². The Hall–Kier alpha value is 0.210. The Morgan fingerprint density at radius 3 is 1.12 bits per heavy atom. The van der Waals surface area contributed by atoms with E-state index in [1.807, 2.05) is 0 Å². The summed E-state index contributed by atoms with van der Waals surface area (Å²) in [5, 5.41) is 0. The van der Waals surface area contributed by atoms with Crippen LogP contribution in [0.4, 0.5) is 0 Å². The van der Waals surface area contributed by atoms with Crippen LogP contribution in [0.5, 0.6) is 0 Å². The Morgan fingerprint density at radius 2 is 0.840 bits per heavy atom. The van der Waals surface area contributed by atoms with Gasteiger partial charge in [0.1, 0.15) is 20.2 Å².